The Bertz CT molecular complexity index is 640. The van der Waals surface area contributed by atoms with E-state index in [0.717, 1.165) is 0 Å². The van der Waals surface area contributed by atoms with Crippen LogP contribution in [0.25, 0.3) is 0 Å². The van der Waals surface area contributed by atoms with Crippen molar-refractivity contribution < 1.29 is 13.9 Å². The highest BCUT2D eigenvalue weighted by Crippen LogP contribution is 2.27. The van der Waals surface area contributed by atoms with Crippen molar-refractivity contribution in [1.29, 1.82) is 0 Å². The van der Waals surface area contributed by atoms with Gasteiger partial charge in [0.25, 0.3) is 0 Å². The van der Waals surface area contributed by atoms with E-state index in [-0.39, 0.29) is 12.2 Å². The molecule has 0 saturated carbocycles. The van der Waals surface area contributed by atoms with Gasteiger partial charge in [0, 0.05) is 12.1 Å². The van der Waals surface area contributed by atoms with Crippen LogP contribution in [0.1, 0.15) is 37.0 Å². The number of rotatable bonds is 5. The lowest BCUT2D eigenvalue weighted by molar-refractivity contribution is -0.144. The lowest BCUT2D eigenvalue weighted by Crippen LogP contribution is -2.22. The molecular formula is C15H18FN3O2. The molecule has 112 valence electrons. The maximum absolute atomic E-state index is 14.1. The molecular weight excluding hydrogens is 273 g/mol. The molecule has 1 atom stereocenters. The highest BCUT2D eigenvalue weighted by Gasteiger charge is 2.31. The Balaban J connectivity index is 2.56. The van der Waals surface area contributed by atoms with Gasteiger partial charge in [0.05, 0.1) is 6.61 Å². The topological polar surface area (TPSA) is 57.0 Å². The van der Waals surface area contributed by atoms with Crippen molar-refractivity contribution in [3.63, 3.8) is 0 Å². The number of benzene rings is 1. The fraction of sp³-hybridized carbons (Fsp3) is 0.400. The van der Waals surface area contributed by atoms with Gasteiger partial charge in [-0.25, -0.2) is 4.39 Å². The summed E-state index contributed by atoms with van der Waals surface area (Å²) < 4.78 is 21.0. The fourth-order valence-corrected chi connectivity index (χ4v) is 2.31. The summed E-state index contributed by atoms with van der Waals surface area (Å²) in [7, 11) is 0. The maximum Gasteiger partial charge on any atom is 0.321 e. The number of hydrogen-bond acceptors (Lipinski definition) is 4. The Hall–Kier alpha value is -2.24. The summed E-state index contributed by atoms with van der Waals surface area (Å²) in [6.45, 7) is 6.25. The molecule has 0 saturated heterocycles. The van der Waals surface area contributed by atoms with Crippen molar-refractivity contribution in [2.45, 2.75) is 33.2 Å². The summed E-state index contributed by atoms with van der Waals surface area (Å²) in [5, 5.41) is 8.04. The van der Waals surface area contributed by atoms with E-state index in [4.69, 9.17) is 4.74 Å². The first-order valence-electron chi connectivity index (χ1n) is 6.90. The van der Waals surface area contributed by atoms with Gasteiger partial charge in [0.15, 0.2) is 5.82 Å². The number of carbonyl (C=O) groups is 1. The van der Waals surface area contributed by atoms with Crippen LogP contribution in [0.4, 0.5) is 4.39 Å². The van der Waals surface area contributed by atoms with Gasteiger partial charge < -0.3 is 9.30 Å². The van der Waals surface area contributed by atoms with E-state index < -0.39 is 17.7 Å². The summed E-state index contributed by atoms with van der Waals surface area (Å²) in [6, 6.07) is 6.16. The summed E-state index contributed by atoms with van der Waals surface area (Å²) in [4.78, 5) is 12.3. The molecule has 6 heteroatoms. The van der Waals surface area contributed by atoms with Crippen molar-refractivity contribution in [2.24, 2.45) is 0 Å². The van der Waals surface area contributed by atoms with E-state index in [2.05, 4.69) is 10.2 Å². The molecule has 0 radical (unpaired) electrons. The SMILES string of the molecule is CCOC(=O)C(c1ccccc1F)c1nnc(C)n1CC. The molecule has 1 heterocycles. The number of halogens is 1. The van der Waals surface area contributed by atoms with Gasteiger partial charge in [-0.15, -0.1) is 10.2 Å². The molecule has 0 aliphatic heterocycles. The summed E-state index contributed by atoms with van der Waals surface area (Å²) >= 11 is 0. The predicted octanol–water partition coefficient (Wildman–Crippen LogP) is 2.44. The summed E-state index contributed by atoms with van der Waals surface area (Å²) in [5.74, 6) is -0.812. The molecule has 2 aromatic rings. The predicted molar refractivity (Wildman–Crippen MR) is 75.3 cm³/mol. The van der Waals surface area contributed by atoms with Crippen molar-refractivity contribution in [3.8, 4) is 0 Å². The first-order valence-corrected chi connectivity index (χ1v) is 6.90. The zero-order chi connectivity index (χ0) is 15.4. The molecule has 0 aliphatic rings. The van der Waals surface area contributed by atoms with Crippen LogP contribution in [0.3, 0.4) is 0 Å². The van der Waals surface area contributed by atoms with Gasteiger partial charge in [-0.3, -0.25) is 4.79 Å². The molecule has 1 aromatic heterocycles. The Kier molecular flexibility index (Phi) is 4.67. The van der Waals surface area contributed by atoms with Crippen molar-refractivity contribution in [3.05, 3.63) is 47.3 Å². The van der Waals surface area contributed by atoms with Gasteiger partial charge in [-0.1, -0.05) is 18.2 Å². The van der Waals surface area contributed by atoms with E-state index in [1.165, 1.54) is 6.07 Å². The normalized spacial score (nSPS) is 12.2. The standard InChI is InChI=1S/C15H18FN3O2/c1-4-19-10(3)17-18-14(19)13(15(20)21-5-2)11-8-6-7-9-12(11)16/h6-9,13H,4-5H2,1-3H3. The molecule has 0 bridgehead atoms. The quantitative estimate of drug-likeness (QED) is 0.794. The zero-order valence-corrected chi connectivity index (χ0v) is 12.3. The number of aryl methyl sites for hydroxylation is 1. The van der Waals surface area contributed by atoms with Gasteiger partial charge >= 0.3 is 5.97 Å². The second-order valence-corrected chi connectivity index (χ2v) is 4.56. The Labute approximate surface area is 122 Å². The van der Waals surface area contributed by atoms with Crippen LogP contribution in [-0.4, -0.2) is 27.3 Å². The molecule has 0 N–H and O–H groups in total. The first-order chi connectivity index (χ1) is 10.1. The molecule has 1 unspecified atom stereocenters. The van der Waals surface area contributed by atoms with Crippen molar-refractivity contribution in [1.82, 2.24) is 14.8 Å². The van der Waals surface area contributed by atoms with Crippen LogP contribution >= 0.6 is 0 Å². The molecule has 21 heavy (non-hydrogen) atoms. The molecule has 0 fully saturated rings. The first kappa shape index (κ1) is 15.2. The third-order valence-corrected chi connectivity index (χ3v) is 3.28. The van der Waals surface area contributed by atoms with Crippen LogP contribution in [-0.2, 0) is 16.1 Å². The Morgan fingerprint density at radius 3 is 2.67 bits per heavy atom. The van der Waals surface area contributed by atoms with E-state index in [1.54, 1.807) is 36.6 Å². The van der Waals surface area contributed by atoms with Crippen LogP contribution in [0.5, 0.6) is 0 Å². The number of hydrogen-bond donors (Lipinski definition) is 0. The molecule has 5 nitrogen and oxygen atoms in total. The fourth-order valence-electron chi connectivity index (χ4n) is 2.31. The molecule has 0 aliphatic carbocycles. The van der Waals surface area contributed by atoms with Crippen LogP contribution < -0.4 is 0 Å². The summed E-state index contributed by atoms with van der Waals surface area (Å²) in [6.07, 6.45) is 0. The molecule has 0 amide bonds. The lowest BCUT2D eigenvalue weighted by atomic mass is 9.97. The lowest BCUT2D eigenvalue weighted by Gasteiger charge is -2.17. The van der Waals surface area contributed by atoms with Crippen LogP contribution in [0.15, 0.2) is 24.3 Å². The second-order valence-electron chi connectivity index (χ2n) is 4.56. The molecule has 1 aromatic carbocycles. The number of nitrogens with zero attached hydrogens (tertiary/aromatic N) is 3. The average Bonchev–Trinajstić information content (AvgIpc) is 2.82. The Morgan fingerprint density at radius 1 is 1.33 bits per heavy atom. The van der Waals surface area contributed by atoms with Gasteiger partial charge in [-0.2, -0.15) is 0 Å². The van der Waals surface area contributed by atoms with E-state index in [0.29, 0.717) is 18.2 Å². The van der Waals surface area contributed by atoms with Gasteiger partial charge in [0.1, 0.15) is 17.6 Å². The number of carbonyl (C=O) groups excluding carboxylic acids is 1. The summed E-state index contributed by atoms with van der Waals surface area (Å²) in [5.41, 5.74) is 0.248. The highest BCUT2D eigenvalue weighted by molar-refractivity contribution is 5.81. The van der Waals surface area contributed by atoms with Gasteiger partial charge in [0.2, 0.25) is 0 Å². The van der Waals surface area contributed by atoms with Crippen molar-refractivity contribution >= 4 is 5.97 Å². The number of esters is 1. The minimum absolute atomic E-state index is 0.225. The molecule has 0 spiro atoms. The average molecular weight is 291 g/mol. The highest BCUT2D eigenvalue weighted by atomic mass is 19.1. The second kappa shape index (κ2) is 6.47. The molecule has 2 rings (SSSR count). The monoisotopic (exact) mass is 291 g/mol. The zero-order valence-electron chi connectivity index (χ0n) is 12.3. The van der Waals surface area contributed by atoms with E-state index in [1.807, 2.05) is 6.92 Å². The minimum Gasteiger partial charge on any atom is -0.465 e. The largest absolute Gasteiger partial charge is 0.465 e. The minimum atomic E-state index is -0.910. The Morgan fingerprint density at radius 2 is 2.05 bits per heavy atom. The van der Waals surface area contributed by atoms with E-state index >= 15 is 0 Å². The third kappa shape index (κ3) is 2.94. The third-order valence-electron chi connectivity index (χ3n) is 3.28. The van der Waals surface area contributed by atoms with Gasteiger partial charge in [-0.05, 0) is 26.8 Å². The van der Waals surface area contributed by atoms with Crippen LogP contribution in [0.2, 0.25) is 0 Å². The van der Waals surface area contributed by atoms with Crippen LogP contribution in [0, 0.1) is 12.7 Å². The number of aromatic nitrogens is 3. The maximum atomic E-state index is 14.1. The number of ether oxygens (including phenoxy) is 1. The smallest absolute Gasteiger partial charge is 0.321 e. The van der Waals surface area contributed by atoms with E-state index in [9.17, 15) is 9.18 Å². The van der Waals surface area contributed by atoms with Crippen molar-refractivity contribution in [2.75, 3.05) is 6.61 Å².